The van der Waals surface area contributed by atoms with Gasteiger partial charge in [-0.2, -0.15) is 0 Å². The van der Waals surface area contributed by atoms with E-state index in [0.29, 0.717) is 11.3 Å². The molecule has 4 aromatic carbocycles. The summed E-state index contributed by atoms with van der Waals surface area (Å²) in [6, 6.07) is 37.1. The number of hydrogen-bond acceptors (Lipinski definition) is 5. The van der Waals surface area contributed by atoms with Gasteiger partial charge in [0.2, 0.25) is 5.91 Å². The molecule has 0 aliphatic heterocycles. The normalized spacial score (nSPS) is 11.8. The number of rotatable bonds is 10. The molecule has 0 spiro atoms. The van der Waals surface area contributed by atoms with Gasteiger partial charge in [-0.05, 0) is 106 Å². The quantitative estimate of drug-likeness (QED) is 0.0773. The van der Waals surface area contributed by atoms with Crippen molar-refractivity contribution >= 4 is 80.9 Å². The molecule has 5 rings (SSSR count). The Bertz CT molecular complexity index is 1710. The van der Waals surface area contributed by atoms with Crippen molar-refractivity contribution in [1.29, 1.82) is 0 Å². The highest BCUT2D eigenvalue weighted by atomic mass is 127. The number of benzene rings is 4. The van der Waals surface area contributed by atoms with Crippen molar-refractivity contribution in [1.82, 2.24) is 5.32 Å². The van der Waals surface area contributed by atoms with Crippen LogP contribution >= 0.6 is 45.7 Å². The molecular weight excluding hydrogens is 689 g/mol. The molecule has 9 heteroatoms. The summed E-state index contributed by atoms with van der Waals surface area (Å²) in [5.41, 5.74) is 2.75. The second-order valence-electron chi connectivity index (χ2n) is 9.28. The average molecular weight is 716 g/mol. The van der Waals surface area contributed by atoms with Gasteiger partial charge < -0.3 is 16.0 Å². The zero-order chi connectivity index (χ0) is 30.0. The first-order chi connectivity index (χ1) is 20.9. The van der Waals surface area contributed by atoms with Crippen LogP contribution in [0.15, 0.2) is 137 Å². The molecule has 0 aliphatic carbocycles. The van der Waals surface area contributed by atoms with Gasteiger partial charge in [0.05, 0.1) is 0 Å². The first-order valence-corrected chi connectivity index (χ1v) is 16.1. The molecule has 0 radical (unpaired) electrons. The lowest BCUT2D eigenvalue weighted by Gasteiger charge is -2.17. The summed E-state index contributed by atoms with van der Waals surface area (Å²) >= 11 is 5.11. The molecule has 43 heavy (non-hydrogen) atoms. The Kier molecular flexibility index (Phi) is 10.4. The van der Waals surface area contributed by atoms with Crippen LogP contribution in [0.25, 0.3) is 6.08 Å². The Morgan fingerprint density at radius 3 is 2.00 bits per heavy atom. The molecule has 1 atom stereocenters. The number of halogens is 1. The smallest absolute Gasteiger partial charge is 0.272 e. The average Bonchev–Trinajstić information content (AvgIpc) is 3.55. The second-order valence-corrected chi connectivity index (χ2v) is 12.7. The summed E-state index contributed by atoms with van der Waals surface area (Å²) < 4.78 is 1.09. The predicted octanol–water partition coefficient (Wildman–Crippen LogP) is 8.23. The van der Waals surface area contributed by atoms with Gasteiger partial charge in [-0.25, -0.2) is 0 Å². The van der Waals surface area contributed by atoms with E-state index in [0.717, 1.165) is 24.6 Å². The Morgan fingerprint density at radius 2 is 1.35 bits per heavy atom. The van der Waals surface area contributed by atoms with Gasteiger partial charge in [0.15, 0.2) is 0 Å². The molecule has 6 nitrogen and oxygen atoms in total. The lowest BCUT2D eigenvalue weighted by atomic mass is 10.1. The van der Waals surface area contributed by atoms with Gasteiger partial charge in [-0.1, -0.05) is 54.6 Å². The molecule has 214 valence electrons. The Morgan fingerprint density at radius 1 is 0.721 bits per heavy atom. The monoisotopic (exact) mass is 715 g/mol. The lowest BCUT2D eigenvalue weighted by Crippen LogP contribution is -2.30. The molecule has 1 aromatic heterocycles. The van der Waals surface area contributed by atoms with Crippen LogP contribution in [0.4, 0.5) is 11.4 Å². The molecule has 0 bridgehead atoms. The third-order valence-corrected chi connectivity index (χ3v) is 8.98. The first kappa shape index (κ1) is 30.3. The van der Waals surface area contributed by atoms with Gasteiger partial charge in [0.1, 0.15) is 10.9 Å². The highest BCUT2D eigenvalue weighted by Gasteiger charge is 2.22. The summed E-state index contributed by atoms with van der Waals surface area (Å²) in [4.78, 5) is 41.2. The van der Waals surface area contributed by atoms with E-state index < -0.39 is 11.2 Å². The summed E-state index contributed by atoms with van der Waals surface area (Å²) in [7, 11) is 0. The molecule has 1 heterocycles. The molecule has 0 saturated heterocycles. The van der Waals surface area contributed by atoms with Gasteiger partial charge in [-0.3, -0.25) is 14.4 Å². The van der Waals surface area contributed by atoms with E-state index >= 15 is 0 Å². The molecule has 3 N–H and O–H groups in total. The van der Waals surface area contributed by atoms with Gasteiger partial charge in [0.25, 0.3) is 11.8 Å². The number of amides is 3. The zero-order valence-corrected chi connectivity index (χ0v) is 26.5. The fourth-order valence-corrected chi connectivity index (χ4v) is 6.09. The van der Waals surface area contributed by atoms with Crippen molar-refractivity contribution in [2.24, 2.45) is 0 Å². The zero-order valence-electron chi connectivity index (χ0n) is 22.7. The minimum absolute atomic E-state index is 0.131. The number of thiophene rings is 1. The van der Waals surface area contributed by atoms with Crippen LogP contribution in [-0.2, 0) is 9.59 Å². The van der Waals surface area contributed by atoms with Gasteiger partial charge in [-0.15, -0.1) is 23.1 Å². The van der Waals surface area contributed by atoms with Crippen LogP contribution in [0.5, 0.6) is 0 Å². The number of carbonyl (C=O) groups is 3. The fourth-order valence-electron chi connectivity index (χ4n) is 4.05. The van der Waals surface area contributed by atoms with Crippen molar-refractivity contribution in [3.63, 3.8) is 0 Å². The van der Waals surface area contributed by atoms with Crippen molar-refractivity contribution in [2.75, 3.05) is 10.6 Å². The molecule has 0 aliphatic rings. The van der Waals surface area contributed by atoms with E-state index in [-0.39, 0.29) is 17.5 Å². The second kappa shape index (κ2) is 14.8. The van der Waals surface area contributed by atoms with Gasteiger partial charge in [0, 0.05) is 30.3 Å². The summed E-state index contributed by atoms with van der Waals surface area (Å²) in [5.74, 6) is -0.954. The van der Waals surface area contributed by atoms with Crippen molar-refractivity contribution in [3.8, 4) is 0 Å². The Hall–Kier alpha value is -4.19. The van der Waals surface area contributed by atoms with E-state index in [9.17, 15) is 14.4 Å². The summed E-state index contributed by atoms with van der Waals surface area (Å²) in [6.07, 6.45) is 1.65. The van der Waals surface area contributed by atoms with E-state index in [1.807, 2.05) is 90.3 Å². The number of carbonyl (C=O) groups excluding carboxylic acids is 3. The number of hydrogen-bond donors (Lipinski definition) is 3. The highest BCUT2D eigenvalue weighted by molar-refractivity contribution is 14.1. The Balaban J connectivity index is 1.30. The van der Waals surface area contributed by atoms with Crippen LogP contribution in [0, 0.1) is 3.57 Å². The predicted molar refractivity (Wildman–Crippen MR) is 184 cm³/mol. The molecule has 1 unspecified atom stereocenters. The molecule has 5 aromatic rings. The third-order valence-electron chi connectivity index (χ3n) is 6.18. The minimum atomic E-state index is -0.491. The highest BCUT2D eigenvalue weighted by Crippen LogP contribution is 2.37. The number of anilines is 2. The van der Waals surface area contributed by atoms with E-state index in [1.165, 1.54) is 23.1 Å². The maximum atomic E-state index is 13.4. The summed E-state index contributed by atoms with van der Waals surface area (Å²) in [6.45, 7) is 0. The van der Waals surface area contributed by atoms with Crippen LogP contribution in [-0.4, -0.2) is 17.7 Å². The largest absolute Gasteiger partial charge is 0.325 e. The Labute approximate surface area is 271 Å². The third kappa shape index (κ3) is 8.66. The first-order valence-electron chi connectivity index (χ1n) is 13.3. The van der Waals surface area contributed by atoms with Crippen molar-refractivity contribution in [2.45, 2.75) is 10.1 Å². The van der Waals surface area contributed by atoms with Crippen molar-refractivity contribution in [3.05, 3.63) is 152 Å². The van der Waals surface area contributed by atoms with Crippen LogP contribution < -0.4 is 16.0 Å². The maximum absolute atomic E-state index is 13.4. The maximum Gasteiger partial charge on any atom is 0.272 e. The van der Waals surface area contributed by atoms with E-state index in [4.69, 9.17) is 0 Å². The SMILES string of the molecule is O=C(Nc1ccc(SC(C(=O)Nc2ccc(I)cc2)c2ccccc2)cc1)/C(=C/c1cccs1)NC(=O)c1ccccc1. The molecular formula is C34H26IN3O3S2. The summed E-state index contributed by atoms with van der Waals surface area (Å²) in [5, 5.41) is 10.1. The van der Waals surface area contributed by atoms with Crippen LogP contribution in [0.3, 0.4) is 0 Å². The standard InChI is InChI=1S/C34H26IN3O3S2/c35-25-13-15-26(16-14-25)37-34(41)31(23-8-3-1-4-9-23)43-28-19-17-27(18-20-28)36-33(40)30(22-29-12-7-21-42-29)38-32(39)24-10-5-2-6-11-24/h1-22,31H,(H,36,40)(H,37,41)(H,38,39)/b30-22-. The molecule has 0 saturated carbocycles. The van der Waals surface area contributed by atoms with Crippen LogP contribution in [0.1, 0.15) is 26.0 Å². The molecule has 0 fully saturated rings. The topological polar surface area (TPSA) is 87.3 Å². The molecule has 3 amide bonds. The number of thioether (sulfide) groups is 1. The lowest BCUT2D eigenvalue weighted by molar-refractivity contribution is -0.116. The fraction of sp³-hybridized carbons (Fsp3) is 0.0294. The van der Waals surface area contributed by atoms with Crippen molar-refractivity contribution < 1.29 is 14.4 Å². The number of nitrogens with one attached hydrogen (secondary N) is 3. The van der Waals surface area contributed by atoms with Crippen LogP contribution in [0.2, 0.25) is 0 Å². The van der Waals surface area contributed by atoms with E-state index in [1.54, 1.807) is 42.5 Å². The van der Waals surface area contributed by atoms with E-state index in [2.05, 4.69) is 38.5 Å². The minimum Gasteiger partial charge on any atom is -0.325 e. The van der Waals surface area contributed by atoms with Gasteiger partial charge >= 0.3 is 0 Å².